The molecule has 0 bridgehead atoms. The number of benzene rings is 1. The van der Waals surface area contributed by atoms with E-state index in [4.69, 9.17) is 9.57 Å². The second kappa shape index (κ2) is 8.92. The molecule has 1 aliphatic rings. The fourth-order valence-electron chi connectivity index (χ4n) is 2.59. The number of hydrogen-bond donors (Lipinski definition) is 2. The Kier molecular flexibility index (Phi) is 6.62. The molecule has 0 saturated heterocycles. The van der Waals surface area contributed by atoms with E-state index in [1.54, 1.807) is 6.92 Å². The van der Waals surface area contributed by atoms with E-state index in [0.29, 0.717) is 17.7 Å². The Bertz CT molecular complexity index is 706. The van der Waals surface area contributed by atoms with E-state index in [9.17, 15) is 15.0 Å². The van der Waals surface area contributed by atoms with Gasteiger partial charge in [-0.1, -0.05) is 23.4 Å². The average molecular weight is 345 g/mol. The zero-order chi connectivity index (χ0) is 18.2. The van der Waals surface area contributed by atoms with Crippen molar-refractivity contribution in [2.45, 2.75) is 38.7 Å². The van der Waals surface area contributed by atoms with Crippen LogP contribution in [0.15, 0.2) is 41.6 Å². The summed E-state index contributed by atoms with van der Waals surface area (Å²) >= 11 is 0. The van der Waals surface area contributed by atoms with Gasteiger partial charge < -0.3 is 19.8 Å². The second-order valence-corrected chi connectivity index (χ2v) is 5.84. The quantitative estimate of drug-likeness (QED) is 0.462. The summed E-state index contributed by atoms with van der Waals surface area (Å²) in [7, 11) is 1.44. The van der Waals surface area contributed by atoms with Gasteiger partial charge in [-0.15, -0.1) is 0 Å². The largest absolute Gasteiger partial charge is 0.508 e. The number of ether oxygens (including phenoxy) is 1. The van der Waals surface area contributed by atoms with Crippen LogP contribution in [0, 0.1) is 0 Å². The molecule has 0 amide bonds. The van der Waals surface area contributed by atoms with Gasteiger partial charge in [0.15, 0.2) is 0 Å². The van der Waals surface area contributed by atoms with Crippen molar-refractivity contribution in [1.82, 2.24) is 0 Å². The lowest BCUT2D eigenvalue weighted by molar-refractivity contribution is 0.0343. The summed E-state index contributed by atoms with van der Waals surface area (Å²) in [6.07, 6.45) is 9.98. The van der Waals surface area contributed by atoms with E-state index < -0.39 is 5.97 Å². The van der Waals surface area contributed by atoms with Crippen LogP contribution >= 0.6 is 0 Å². The van der Waals surface area contributed by atoms with Gasteiger partial charge in [-0.3, -0.25) is 0 Å². The number of esters is 1. The van der Waals surface area contributed by atoms with Crippen LogP contribution in [0.3, 0.4) is 0 Å². The van der Waals surface area contributed by atoms with Crippen molar-refractivity contribution in [3.63, 3.8) is 0 Å². The lowest BCUT2D eigenvalue weighted by Gasteiger charge is -2.15. The van der Waals surface area contributed by atoms with Gasteiger partial charge in [0.05, 0.1) is 5.71 Å². The zero-order valence-electron chi connectivity index (χ0n) is 14.4. The molecule has 134 valence electrons. The maximum Gasteiger partial charge on any atom is 0.342 e. The molecule has 0 saturated carbocycles. The smallest absolute Gasteiger partial charge is 0.342 e. The molecule has 1 unspecified atom stereocenters. The van der Waals surface area contributed by atoms with Gasteiger partial charge in [-0.2, -0.15) is 0 Å². The SMILES string of the molecule is CO/N=C1\C=C\CC/C=C/CC(C)OC(=O)c2c(O)cc(O)cc2C1. The number of aromatic hydroxyl groups is 2. The van der Waals surface area contributed by atoms with E-state index >= 15 is 0 Å². The summed E-state index contributed by atoms with van der Waals surface area (Å²) in [6, 6.07) is 2.54. The Morgan fingerprint density at radius 3 is 2.72 bits per heavy atom. The maximum absolute atomic E-state index is 12.5. The topological polar surface area (TPSA) is 88.4 Å². The molecule has 1 aliphatic heterocycles. The minimum Gasteiger partial charge on any atom is -0.508 e. The number of hydrogen-bond acceptors (Lipinski definition) is 6. The first-order valence-corrected chi connectivity index (χ1v) is 8.18. The van der Waals surface area contributed by atoms with Crippen LogP contribution in [0.5, 0.6) is 11.5 Å². The Morgan fingerprint density at radius 2 is 1.96 bits per heavy atom. The second-order valence-electron chi connectivity index (χ2n) is 5.84. The number of nitrogens with zero attached hydrogens (tertiary/aromatic N) is 1. The molecule has 1 aromatic rings. The normalized spacial score (nSPS) is 23.2. The number of rotatable bonds is 1. The van der Waals surface area contributed by atoms with E-state index in [1.807, 2.05) is 24.3 Å². The Balaban J connectivity index is 2.46. The third-order valence-electron chi connectivity index (χ3n) is 3.72. The molecule has 25 heavy (non-hydrogen) atoms. The molecule has 0 spiro atoms. The number of phenolic OH excluding ortho intramolecular Hbond substituents is 2. The number of oxime groups is 1. The summed E-state index contributed by atoms with van der Waals surface area (Å²) in [4.78, 5) is 17.4. The predicted molar refractivity (Wildman–Crippen MR) is 94.9 cm³/mol. The monoisotopic (exact) mass is 345 g/mol. The number of fused-ring (bicyclic) bond motifs is 1. The van der Waals surface area contributed by atoms with Crippen molar-refractivity contribution in [2.75, 3.05) is 7.11 Å². The van der Waals surface area contributed by atoms with Crippen molar-refractivity contribution < 1.29 is 24.6 Å². The highest BCUT2D eigenvalue weighted by Gasteiger charge is 2.22. The molecule has 6 nitrogen and oxygen atoms in total. The van der Waals surface area contributed by atoms with Crippen LogP contribution in [-0.2, 0) is 16.0 Å². The molecule has 6 heteroatoms. The van der Waals surface area contributed by atoms with Gasteiger partial charge in [-0.25, -0.2) is 4.79 Å². The number of phenols is 2. The van der Waals surface area contributed by atoms with Crippen molar-refractivity contribution in [3.8, 4) is 11.5 Å². The Labute approximate surface area is 147 Å². The lowest BCUT2D eigenvalue weighted by atomic mass is 9.99. The fourth-order valence-corrected chi connectivity index (χ4v) is 2.59. The molecule has 2 rings (SSSR count). The maximum atomic E-state index is 12.5. The summed E-state index contributed by atoms with van der Waals surface area (Å²) in [5.74, 6) is -1.09. The van der Waals surface area contributed by atoms with Crippen LogP contribution in [0.2, 0.25) is 0 Å². The van der Waals surface area contributed by atoms with Crippen molar-refractivity contribution >= 4 is 11.7 Å². The van der Waals surface area contributed by atoms with Crippen molar-refractivity contribution in [1.29, 1.82) is 0 Å². The van der Waals surface area contributed by atoms with Crippen molar-refractivity contribution in [3.05, 3.63) is 47.6 Å². The first kappa shape index (κ1) is 18.6. The summed E-state index contributed by atoms with van der Waals surface area (Å²) < 4.78 is 5.42. The molecule has 1 atom stereocenters. The summed E-state index contributed by atoms with van der Waals surface area (Å²) in [6.45, 7) is 1.79. The molecular formula is C19H23NO5. The Hall–Kier alpha value is -2.76. The number of cyclic esters (lactones) is 1. The molecule has 2 N–H and O–H groups in total. The molecule has 1 heterocycles. The van der Waals surface area contributed by atoms with Gasteiger partial charge in [0, 0.05) is 18.9 Å². The van der Waals surface area contributed by atoms with Gasteiger partial charge >= 0.3 is 5.97 Å². The highest BCUT2D eigenvalue weighted by Crippen LogP contribution is 2.29. The van der Waals surface area contributed by atoms with E-state index in [-0.39, 0.29) is 29.6 Å². The standard InChI is InChI=1S/C19H23NO5/c1-13-8-6-4-3-5-7-9-15(20-24-2)10-14-11-16(21)12-17(22)18(14)19(23)25-13/h4,6-7,9,11-13,21-22H,3,5,8,10H2,1-2H3/b6-4+,9-7+,20-15+. The van der Waals surface area contributed by atoms with Crippen molar-refractivity contribution in [2.24, 2.45) is 5.16 Å². The Morgan fingerprint density at radius 1 is 1.20 bits per heavy atom. The van der Waals surface area contributed by atoms with Gasteiger partial charge in [0.25, 0.3) is 0 Å². The molecule has 0 aromatic heterocycles. The highest BCUT2D eigenvalue weighted by atomic mass is 16.6. The zero-order valence-corrected chi connectivity index (χ0v) is 14.4. The summed E-state index contributed by atoms with van der Waals surface area (Å²) in [5.41, 5.74) is 1.02. The molecule has 0 fully saturated rings. The minimum atomic E-state index is -0.633. The van der Waals surface area contributed by atoms with Crippen LogP contribution in [-0.4, -0.2) is 35.1 Å². The average Bonchev–Trinajstić information content (AvgIpc) is 2.52. The third-order valence-corrected chi connectivity index (χ3v) is 3.72. The molecule has 0 aliphatic carbocycles. The predicted octanol–water partition coefficient (Wildman–Crippen LogP) is 3.48. The molecule has 0 radical (unpaired) electrons. The minimum absolute atomic E-state index is 0.0305. The van der Waals surface area contributed by atoms with Crippen LogP contribution < -0.4 is 0 Å². The first-order chi connectivity index (χ1) is 12.0. The first-order valence-electron chi connectivity index (χ1n) is 8.18. The highest BCUT2D eigenvalue weighted by molar-refractivity contribution is 6.00. The van der Waals surface area contributed by atoms with Gasteiger partial charge in [0.1, 0.15) is 30.3 Å². The van der Waals surface area contributed by atoms with Crippen LogP contribution in [0.1, 0.15) is 42.1 Å². The van der Waals surface area contributed by atoms with E-state index in [0.717, 1.165) is 18.9 Å². The van der Waals surface area contributed by atoms with Gasteiger partial charge in [-0.05, 0) is 37.5 Å². The number of allylic oxidation sites excluding steroid dienone is 3. The molecular weight excluding hydrogens is 322 g/mol. The van der Waals surface area contributed by atoms with Crippen LogP contribution in [0.25, 0.3) is 0 Å². The number of carbonyl (C=O) groups is 1. The number of carbonyl (C=O) groups excluding carboxylic acids is 1. The lowest BCUT2D eigenvalue weighted by Crippen LogP contribution is -2.17. The third kappa shape index (κ3) is 5.38. The fraction of sp³-hybridized carbons (Fsp3) is 0.368. The summed E-state index contributed by atoms with van der Waals surface area (Å²) in [5, 5.41) is 23.9. The van der Waals surface area contributed by atoms with E-state index in [2.05, 4.69) is 5.16 Å². The molecule has 1 aromatic carbocycles. The van der Waals surface area contributed by atoms with Crippen LogP contribution in [0.4, 0.5) is 0 Å². The van der Waals surface area contributed by atoms with Gasteiger partial charge in [0.2, 0.25) is 0 Å². The van der Waals surface area contributed by atoms with E-state index in [1.165, 1.54) is 13.2 Å².